The predicted octanol–water partition coefficient (Wildman–Crippen LogP) is 2.33. The molecule has 2 amide bonds. The molecule has 0 aromatic heterocycles. The van der Waals surface area contributed by atoms with E-state index in [-0.39, 0.29) is 34.7 Å². The third-order valence-electron chi connectivity index (χ3n) is 4.83. The molecule has 1 heterocycles. The van der Waals surface area contributed by atoms with E-state index >= 15 is 0 Å². The van der Waals surface area contributed by atoms with Gasteiger partial charge in [0.15, 0.2) is 0 Å². The topological polar surface area (TPSA) is 49.4 Å². The van der Waals surface area contributed by atoms with Gasteiger partial charge in [-0.15, -0.1) is 0 Å². The Morgan fingerprint density at radius 3 is 2.15 bits per heavy atom. The zero-order valence-electron chi connectivity index (χ0n) is 13.6. The number of nitrogens with one attached hydrogen (secondary N) is 1. The van der Waals surface area contributed by atoms with E-state index in [0.717, 1.165) is 19.3 Å². The van der Waals surface area contributed by atoms with Crippen LogP contribution in [0.15, 0.2) is 0 Å². The van der Waals surface area contributed by atoms with E-state index in [1.807, 2.05) is 39.5 Å². The highest BCUT2D eigenvalue weighted by atomic mass is 16.2. The number of rotatable bonds is 2. The van der Waals surface area contributed by atoms with Crippen molar-refractivity contribution in [2.24, 2.45) is 11.3 Å². The Morgan fingerprint density at radius 2 is 1.80 bits per heavy atom. The summed E-state index contributed by atoms with van der Waals surface area (Å²) in [5.41, 5.74) is -0.389. The Bertz CT molecular complexity index is 419. The highest BCUT2D eigenvalue weighted by molar-refractivity contribution is 5.98. The third kappa shape index (κ3) is 2.33. The second-order valence-electron chi connectivity index (χ2n) is 8.06. The molecule has 20 heavy (non-hydrogen) atoms. The van der Waals surface area contributed by atoms with Gasteiger partial charge in [-0.25, -0.2) is 0 Å². The molecular weight excluding hydrogens is 252 g/mol. The zero-order valence-corrected chi connectivity index (χ0v) is 13.6. The Morgan fingerprint density at radius 1 is 1.25 bits per heavy atom. The summed E-state index contributed by atoms with van der Waals surface area (Å²) in [5.74, 6) is 0.239. The Balaban J connectivity index is 2.39. The van der Waals surface area contributed by atoms with Crippen LogP contribution in [-0.4, -0.2) is 34.3 Å². The first-order valence-corrected chi connectivity index (χ1v) is 7.71. The maximum Gasteiger partial charge on any atom is 0.246 e. The molecule has 2 rings (SSSR count). The lowest BCUT2D eigenvalue weighted by Crippen LogP contribution is -2.73. The van der Waals surface area contributed by atoms with E-state index in [4.69, 9.17) is 0 Å². The van der Waals surface area contributed by atoms with E-state index < -0.39 is 6.04 Å². The molecule has 2 atom stereocenters. The number of carbonyl (C=O) groups is 2. The van der Waals surface area contributed by atoms with Crippen LogP contribution < -0.4 is 5.32 Å². The van der Waals surface area contributed by atoms with Gasteiger partial charge in [0.1, 0.15) is 12.1 Å². The van der Waals surface area contributed by atoms with Crippen molar-refractivity contribution in [1.82, 2.24) is 10.2 Å². The molecule has 0 bridgehead atoms. The molecule has 4 heteroatoms. The standard InChI is InChI=1S/C16H28N2O2/c1-10(2)11-13(19)17-12(15(3,4)5)14(20)18(11)16(6)8-7-9-16/h10-12H,7-9H2,1-6H3,(H,17,19). The first kappa shape index (κ1) is 15.3. The molecule has 0 spiro atoms. The molecule has 2 aliphatic rings. The smallest absolute Gasteiger partial charge is 0.246 e. The van der Waals surface area contributed by atoms with Crippen LogP contribution in [-0.2, 0) is 9.59 Å². The summed E-state index contributed by atoms with van der Waals surface area (Å²) >= 11 is 0. The molecule has 114 valence electrons. The van der Waals surface area contributed by atoms with Gasteiger partial charge in [0.05, 0.1) is 0 Å². The van der Waals surface area contributed by atoms with E-state index in [0.29, 0.717) is 0 Å². The predicted molar refractivity (Wildman–Crippen MR) is 79.1 cm³/mol. The summed E-state index contributed by atoms with van der Waals surface area (Å²) in [6, 6.07) is -0.742. The monoisotopic (exact) mass is 280 g/mol. The van der Waals surface area contributed by atoms with Gasteiger partial charge in [0.25, 0.3) is 0 Å². The molecule has 0 aromatic carbocycles. The van der Waals surface area contributed by atoms with Crippen LogP contribution in [0.5, 0.6) is 0 Å². The Kier molecular flexibility index (Phi) is 3.64. The third-order valence-corrected chi connectivity index (χ3v) is 4.83. The number of hydrogen-bond donors (Lipinski definition) is 1. The summed E-state index contributed by atoms with van der Waals surface area (Å²) < 4.78 is 0. The minimum atomic E-state index is -0.414. The van der Waals surface area contributed by atoms with Gasteiger partial charge in [-0.2, -0.15) is 0 Å². The summed E-state index contributed by atoms with van der Waals surface area (Å²) in [4.78, 5) is 27.4. The second-order valence-corrected chi connectivity index (χ2v) is 8.06. The van der Waals surface area contributed by atoms with E-state index in [9.17, 15) is 9.59 Å². The fourth-order valence-corrected chi connectivity index (χ4v) is 3.40. The van der Waals surface area contributed by atoms with Crippen molar-refractivity contribution in [1.29, 1.82) is 0 Å². The molecule has 0 radical (unpaired) electrons. The first-order chi connectivity index (χ1) is 9.08. The molecular formula is C16H28N2O2. The lowest BCUT2D eigenvalue weighted by molar-refractivity contribution is -0.166. The summed E-state index contributed by atoms with van der Waals surface area (Å²) in [5, 5.41) is 2.96. The minimum absolute atomic E-state index is 0.00708. The summed E-state index contributed by atoms with van der Waals surface area (Å²) in [6.45, 7) is 12.2. The molecule has 1 saturated carbocycles. The normalized spacial score (nSPS) is 30.2. The van der Waals surface area contributed by atoms with Crippen LogP contribution in [0.25, 0.3) is 0 Å². The second kappa shape index (κ2) is 4.74. The largest absolute Gasteiger partial charge is 0.342 e. The van der Waals surface area contributed by atoms with Crippen LogP contribution in [0.1, 0.15) is 60.8 Å². The highest BCUT2D eigenvalue weighted by Gasteiger charge is 2.53. The number of hydrogen-bond acceptors (Lipinski definition) is 2. The van der Waals surface area contributed by atoms with Gasteiger partial charge in [0.2, 0.25) is 11.8 Å². The van der Waals surface area contributed by atoms with E-state index in [2.05, 4.69) is 12.2 Å². The van der Waals surface area contributed by atoms with Crippen molar-refractivity contribution < 1.29 is 9.59 Å². The SMILES string of the molecule is CC(C)C1C(=O)NC(C(C)(C)C)C(=O)N1C1(C)CCC1. The quantitative estimate of drug-likeness (QED) is 0.844. The maximum absolute atomic E-state index is 13.0. The van der Waals surface area contributed by atoms with Crippen LogP contribution in [0.4, 0.5) is 0 Å². The van der Waals surface area contributed by atoms with Crippen molar-refractivity contribution in [2.45, 2.75) is 78.4 Å². The van der Waals surface area contributed by atoms with Gasteiger partial charge < -0.3 is 10.2 Å². The molecule has 0 aromatic rings. The lowest BCUT2D eigenvalue weighted by atomic mass is 9.73. The van der Waals surface area contributed by atoms with Gasteiger partial charge in [-0.3, -0.25) is 9.59 Å². The summed E-state index contributed by atoms with van der Waals surface area (Å²) in [7, 11) is 0. The van der Waals surface area contributed by atoms with Crippen LogP contribution in [0, 0.1) is 11.3 Å². The lowest BCUT2D eigenvalue weighted by Gasteiger charge is -2.56. The van der Waals surface area contributed by atoms with Crippen LogP contribution in [0.2, 0.25) is 0 Å². The first-order valence-electron chi connectivity index (χ1n) is 7.71. The molecule has 1 aliphatic carbocycles. The van der Waals surface area contributed by atoms with Crippen molar-refractivity contribution >= 4 is 11.8 Å². The number of nitrogens with zero attached hydrogens (tertiary/aromatic N) is 1. The van der Waals surface area contributed by atoms with E-state index in [1.54, 1.807) is 0 Å². The van der Waals surface area contributed by atoms with E-state index in [1.165, 1.54) is 0 Å². The summed E-state index contributed by atoms with van der Waals surface area (Å²) in [6.07, 6.45) is 3.16. The number of amides is 2. The molecule has 2 unspecified atom stereocenters. The average Bonchev–Trinajstić information content (AvgIpc) is 2.26. The van der Waals surface area contributed by atoms with Gasteiger partial charge >= 0.3 is 0 Å². The van der Waals surface area contributed by atoms with Gasteiger partial charge in [0, 0.05) is 5.54 Å². The average molecular weight is 280 g/mol. The van der Waals surface area contributed by atoms with Gasteiger partial charge in [-0.05, 0) is 37.5 Å². The van der Waals surface area contributed by atoms with Crippen molar-refractivity contribution in [3.05, 3.63) is 0 Å². The molecule has 2 fully saturated rings. The Labute approximate surface area is 122 Å². The minimum Gasteiger partial charge on any atom is -0.342 e. The number of carbonyl (C=O) groups excluding carboxylic acids is 2. The van der Waals surface area contributed by atoms with Crippen molar-refractivity contribution in [3.63, 3.8) is 0 Å². The molecule has 4 nitrogen and oxygen atoms in total. The number of piperazine rings is 1. The molecule has 1 saturated heterocycles. The Hall–Kier alpha value is -1.06. The van der Waals surface area contributed by atoms with Crippen LogP contribution >= 0.6 is 0 Å². The van der Waals surface area contributed by atoms with Crippen LogP contribution in [0.3, 0.4) is 0 Å². The van der Waals surface area contributed by atoms with Gasteiger partial charge in [-0.1, -0.05) is 34.6 Å². The zero-order chi connectivity index (χ0) is 15.3. The van der Waals surface area contributed by atoms with Crippen molar-refractivity contribution in [2.75, 3.05) is 0 Å². The fourth-order valence-electron chi connectivity index (χ4n) is 3.40. The fraction of sp³-hybridized carbons (Fsp3) is 0.875. The maximum atomic E-state index is 13.0. The molecule has 1 aliphatic heterocycles. The van der Waals surface area contributed by atoms with Crippen molar-refractivity contribution in [3.8, 4) is 0 Å². The highest BCUT2D eigenvalue weighted by Crippen LogP contribution is 2.42. The molecule has 1 N–H and O–H groups in total.